The van der Waals surface area contributed by atoms with Crippen molar-refractivity contribution in [2.45, 2.75) is 59.3 Å². The number of halogens is 2. The van der Waals surface area contributed by atoms with Crippen molar-refractivity contribution in [3.8, 4) is 23.2 Å². The van der Waals surface area contributed by atoms with E-state index in [2.05, 4.69) is 15.5 Å². The molecule has 0 spiro atoms. The summed E-state index contributed by atoms with van der Waals surface area (Å²) in [5.74, 6) is -0.0546. The Morgan fingerprint density at radius 1 is 1.22 bits per heavy atom. The first-order valence-corrected chi connectivity index (χ1v) is 12.4. The van der Waals surface area contributed by atoms with Crippen molar-refractivity contribution in [1.29, 1.82) is 0 Å². The van der Waals surface area contributed by atoms with Gasteiger partial charge in [-0.2, -0.15) is 4.98 Å². The zero-order valence-electron chi connectivity index (χ0n) is 21.5. The minimum absolute atomic E-state index is 0.0485. The summed E-state index contributed by atoms with van der Waals surface area (Å²) in [6, 6.07) is 10.3. The van der Waals surface area contributed by atoms with Gasteiger partial charge in [0.05, 0.1) is 28.6 Å². The number of ether oxygens (including phenoxy) is 2. The first kappa shape index (κ1) is 26.6. The highest BCUT2D eigenvalue weighted by molar-refractivity contribution is 6.35. The van der Waals surface area contributed by atoms with E-state index in [1.807, 2.05) is 52.8 Å². The summed E-state index contributed by atoms with van der Waals surface area (Å²) in [6.07, 6.45) is 1.90. The topological polar surface area (TPSA) is 91.4 Å². The molecule has 0 bridgehead atoms. The van der Waals surface area contributed by atoms with Crippen molar-refractivity contribution >= 4 is 28.5 Å². The van der Waals surface area contributed by atoms with Crippen LogP contribution >= 0.6 is 11.6 Å². The second-order valence-corrected chi connectivity index (χ2v) is 10.3. The van der Waals surface area contributed by atoms with Gasteiger partial charge in [0, 0.05) is 30.7 Å². The molecule has 196 valence electrons. The molecule has 0 aliphatic carbocycles. The van der Waals surface area contributed by atoms with E-state index in [0.717, 1.165) is 16.5 Å². The molecule has 10 heteroatoms. The number of nitrogens with one attached hydrogen (secondary N) is 1. The maximum atomic E-state index is 14.7. The van der Waals surface area contributed by atoms with Crippen molar-refractivity contribution in [3.05, 3.63) is 59.0 Å². The first-order valence-electron chi connectivity index (χ1n) is 12.0. The van der Waals surface area contributed by atoms with Crippen molar-refractivity contribution in [1.82, 2.24) is 20.0 Å². The number of carbonyl (C=O) groups excluding carboxylic acids is 1. The van der Waals surface area contributed by atoms with Crippen LogP contribution in [0.15, 0.2) is 47.1 Å². The molecule has 0 radical (unpaired) electrons. The van der Waals surface area contributed by atoms with E-state index in [1.54, 1.807) is 22.9 Å². The molecular formula is C27H30ClFN4O4. The minimum atomic E-state index is -0.521. The van der Waals surface area contributed by atoms with Gasteiger partial charge in [-0.3, -0.25) is 9.36 Å². The first-order chi connectivity index (χ1) is 17.5. The third kappa shape index (κ3) is 6.67. The lowest BCUT2D eigenvalue weighted by atomic mass is 10.1. The molecule has 0 unspecified atom stereocenters. The van der Waals surface area contributed by atoms with Crippen LogP contribution in [-0.4, -0.2) is 38.9 Å². The third-order valence-corrected chi connectivity index (χ3v) is 5.55. The number of esters is 1. The van der Waals surface area contributed by atoms with Gasteiger partial charge in [0.2, 0.25) is 0 Å². The number of nitrogens with zero attached hydrogens (tertiary/aromatic N) is 3. The zero-order chi connectivity index (χ0) is 26.7. The Morgan fingerprint density at radius 3 is 2.70 bits per heavy atom. The lowest BCUT2D eigenvalue weighted by Crippen LogP contribution is -2.26. The van der Waals surface area contributed by atoms with Crippen LogP contribution in [0.4, 0.5) is 4.39 Å². The standard InChI is InChI=1S/C27H30ClFN4O4/c1-16(2)35-18-7-8-19(22(29)13-18)25-31-26(32-37-25)33-15-21(28)20-12-17(6-9-23(20)33)14-30-11-10-24(34)36-27(3,4)5/h6-9,12-13,15-16,30H,10-11,14H2,1-5H3. The number of carbonyl (C=O) groups is 1. The van der Waals surface area contributed by atoms with Crippen LogP contribution in [0.1, 0.15) is 46.6 Å². The van der Waals surface area contributed by atoms with Gasteiger partial charge < -0.3 is 19.3 Å². The fraction of sp³-hybridized carbons (Fsp3) is 0.370. The second kappa shape index (κ2) is 10.9. The fourth-order valence-corrected chi connectivity index (χ4v) is 4.01. The van der Waals surface area contributed by atoms with Crippen LogP contribution < -0.4 is 10.1 Å². The Hall–Kier alpha value is -3.43. The second-order valence-electron chi connectivity index (χ2n) is 9.92. The summed E-state index contributed by atoms with van der Waals surface area (Å²) >= 11 is 6.51. The van der Waals surface area contributed by atoms with Gasteiger partial charge >= 0.3 is 5.97 Å². The Kier molecular flexibility index (Phi) is 7.85. The summed E-state index contributed by atoms with van der Waals surface area (Å²) in [6.45, 7) is 10.3. The predicted molar refractivity (Wildman–Crippen MR) is 139 cm³/mol. The molecule has 8 nitrogen and oxygen atoms in total. The van der Waals surface area contributed by atoms with E-state index in [1.165, 1.54) is 6.07 Å². The van der Waals surface area contributed by atoms with Crippen LogP contribution in [0.5, 0.6) is 5.75 Å². The monoisotopic (exact) mass is 528 g/mol. The quantitative estimate of drug-likeness (QED) is 0.208. The van der Waals surface area contributed by atoms with Crippen molar-refractivity contribution in [2.75, 3.05) is 6.54 Å². The maximum Gasteiger partial charge on any atom is 0.307 e. The maximum absolute atomic E-state index is 14.7. The van der Waals surface area contributed by atoms with Gasteiger partial charge in [0.15, 0.2) is 0 Å². The molecule has 4 aromatic rings. The van der Waals surface area contributed by atoms with Gasteiger partial charge in [-0.15, -0.1) is 0 Å². The van der Waals surface area contributed by atoms with Crippen LogP contribution in [0, 0.1) is 5.82 Å². The molecule has 37 heavy (non-hydrogen) atoms. The van der Waals surface area contributed by atoms with Crippen LogP contribution in [0.2, 0.25) is 5.02 Å². The van der Waals surface area contributed by atoms with E-state index in [-0.39, 0.29) is 35.9 Å². The molecule has 0 aliphatic heterocycles. The molecule has 0 amide bonds. The van der Waals surface area contributed by atoms with Crippen LogP contribution in [-0.2, 0) is 16.1 Å². The fourth-order valence-electron chi connectivity index (χ4n) is 3.77. The lowest BCUT2D eigenvalue weighted by Gasteiger charge is -2.19. The summed E-state index contributed by atoms with van der Waals surface area (Å²) in [7, 11) is 0. The molecule has 0 fully saturated rings. The largest absolute Gasteiger partial charge is 0.491 e. The van der Waals surface area contributed by atoms with E-state index in [4.69, 9.17) is 25.6 Å². The third-order valence-electron chi connectivity index (χ3n) is 5.25. The highest BCUT2D eigenvalue weighted by atomic mass is 35.5. The molecule has 0 saturated heterocycles. The van der Waals surface area contributed by atoms with Gasteiger partial charge in [-0.05, 0) is 69.6 Å². The van der Waals surface area contributed by atoms with Gasteiger partial charge in [0.1, 0.15) is 17.2 Å². The minimum Gasteiger partial charge on any atom is -0.491 e. The summed E-state index contributed by atoms with van der Waals surface area (Å²) in [5, 5.41) is 8.59. The average Bonchev–Trinajstić information content (AvgIpc) is 3.40. The number of rotatable bonds is 9. The molecule has 0 aliphatic rings. The SMILES string of the molecule is CC(C)Oc1ccc(-c2nc(-n3cc(Cl)c4cc(CNCCC(=O)OC(C)(C)C)ccc43)no2)c(F)c1. The Labute approximate surface area is 219 Å². The Morgan fingerprint density at radius 2 is 2.00 bits per heavy atom. The smallest absolute Gasteiger partial charge is 0.307 e. The van der Waals surface area contributed by atoms with Crippen LogP contribution in [0.3, 0.4) is 0 Å². The van der Waals surface area contributed by atoms with Crippen molar-refractivity contribution in [2.24, 2.45) is 0 Å². The number of aromatic nitrogens is 3. The van der Waals surface area contributed by atoms with E-state index >= 15 is 0 Å². The Bertz CT molecular complexity index is 1410. The molecular weight excluding hydrogens is 499 g/mol. The molecule has 4 rings (SSSR count). The predicted octanol–water partition coefficient (Wildman–Crippen LogP) is 6.08. The van der Waals surface area contributed by atoms with Crippen molar-refractivity contribution in [3.63, 3.8) is 0 Å². The summed E-state index contributed by atoms with van der Waals surface area (Å²) < 4.78 is 32.6. The number of hydrogen-bond donors (Lipinski definition) is 1. The Balaban J connectivity index is 1.46. The molecule has 0 atom stereocenters. The van der Waals surface area contributed by atoms with Gasteiger partial charge in [-0.25, -0.2) is 4.39 Å². The normalized spacial score (nSPS) is 11.9. The van der Waals surface area contributed by atoms with Gasteiger partial charge in [-0.1, -0.05) is 17.7 Å². The molecule has 1 N–H and O–H groups in total. The van der Waals surface area contributed by atoms with E-state index in [0.29, 0.717) is 23.9 Å². The van der Waals surface area contributed by atoms with E-state index in [9.17, 15) is 9.18 Å². The number of hydrogen-bond acceptors (Lipinski definition) is 7. The molecule has 2 heterocycles. The zero-order valence-corrected chi connectivity index (χ0v) is 22.2. The molecule has 2 aromatic heterocycles. The summed E-state index contributed by atoms with van der Waals surface area (Å²) in [5.41, 5.74) is 1.45. The number of benzene rings is 2. The number of fused-ring (bicyclic) bond motifs is 1. The van der Waals surface area contributed by atoms with Gasteiger partial charge in [0.25, 0.3) is 11.8 Å². The van der Waals surface area contributed by atoms with E-state index < -0.39 is 11.4 Å². The average molecular weight is 529 g/mol. The molecule has 0 saturated carbocycles. The van der Waals surface area contributed by atoms with Crippen LogP contribution in [0.25, 0.3) is 28.3 Å². The highest BCUT2D eigenvalue weighted by Gasteiger charge is 2.18. The summed E-state index contributed by atoms with van der Waals surface area (Å²) in [4.78, 5) is 16.2. The molecule has 2 aromatic carbocycles. The van der Waals surface area contributed by atoms with Crippen molar-refractivity contribution < 1.29 is 23.2 Å². The highest BCUT2D eigenvalue weighted by Crippen LogP contribution is 2.31. The lowest BCUT2D eigenvalue weighted by molar-refractivity contribution is -0.154.